The highest BCUT2D eigenvalue weighted by molar-refractivity contribution is 6.09. The number of hydrogen-bond donors (Lipinski definition) is 1. The van der Waals surface area contributed by atoms with E-state index in [1.165, 1.54) is 5.56 Å². The molecule has 33 heavy (non-hydrogen) atoms. The molecule has 2 heterocycles. The maximum absolute atomic E-state index is 13.2. The van der Waals surface area contributed by atoms with Crippen LogP contribution in [0.1, 0.15) is 42.5 Å². The van der Waals surface area contributed by atoms with Gasteiger partial charge < -0.3 is 19.7 Å². The summed E-state index contributed by atoms with van der Waals surface area (Å²) < 4.78 is 10.7. The fourth-order valence-electron chi connectivity index (χ4n) is 5.02. The average molecular weight is 450 g/mol. The van der Waals surface area contributed by atoms with E-state index in [0.717, 1.165) is 35.3 Å². The van der Waals surface area contributed by atoms with Crippen LogP contribution in [0.5, 0.6) is 11.5 Å². The number of nitrogens with zero attached hydrogens (tertiary/aromatic N) is 2. The van der Waals surface area contributed by atoms with E-state index in [2.05, 4.69) is 17.4 Å². The maximum Gasteiger partial charge on any atom is 0.325 e. The van der Waals surface area contributed by atoms with Crippen molar-refractivity contribution in [1.82, 2.24) is 15.1 Å². The molecule has 0 saturated carbocycles. The van der Waals surface area contributed by atoms with E-state index in [1.807, 2.05) is 24.3 Å². The van der Waals surface area contributed by atoms with Gasteiger partial charge in [-0.15, -0.1) is 0 Å². The lowest BCUT2D eigenvalue weighted by atomic mass is 9.87. The fraction of sp³-hybridized carbons (Fsp3) is 0.400. The van der Waals surface area contributed by atoms with Gasteiger partial charge in [0.2, 0.25) is 12.7 Å². The SMILES string of the molecule is CN(C(=O)CN1C(=O)N[C@](C)(Cc2ccc3c(c2)OCO3)C1=O)[C@H]1CCCc2ccccc21. The Bertz CT molecular complexity index is 1130. The summed E-state index contributed by atoms with van der Waals surface area (Å²) in [6, 6.07) is 13.0. The zero-order chi connectivity index (χ0) is 23.2. The van der Waals surface area contributed by atoms with Crippen molar-refractivity contribution >= 4 is 17.8 Å². The van der Waals surface area contributed by atoms with Crippen LogP contribution in [0.25, 0.3) is 0 Å². The molecule has 4 amide bonds. The number of likely N-dealkylation sites (N-methyl/N-ethyl adjacent to an activating group) is 1. The molecule has 3 aliphatic rings. The van der Waals surface area contributed by atoms with Crippen LogP contribution < -0.4 is 14.8 Å². The van der Waals surface area contributed by atoms with Gasteiger partial charge in [-0.1, -0.05) is 30.3 Å². The summed E-state index contributed by atoms with van der Waals surface area (Å²) >= 11 is 0. The van der Waals surface area contributed by atoms with Gasteiger partial charge in [0.05, 0.1) is 6.04 Å². The van der Waals surface area contributed by atoms with E-state index in [9.17, 15) is 14.4 Å². The van der Waals surface area contributed by atoms with Crippen LogP contribution in [0.4, 0.5) is 4.79 Å². The van der Waals surface area contributed by atoms with Crippen LogP contribution in [0.3, 0.4) is 0 Å². The number of carbonyl (C=O) groups is 3. The topological polar surface area (TPSA) is 88.2 Å². The number of amides is 4. The van der Waals surface area contributed by atoms with E-state index in [4.69, 9.17) is 9.47 Å². The van der Waals surface area contributed by atoms with E-state index in [-0.39, 0.29) is 31.7 Å². The molecule has 0 unspecified atom stereocenters. The number of ether oxygens (including phenoxy) is 2. The normalized spacial score (nSPS) is 23.3. The largest absolute Gasteiger partial charge is 0.454 e. The minimum Gasteiger partial charge on any atom is -0.454 e. The molecule has 0 bridgehead atoms. The Hall–Kier alpha value is -3.55. The molecule has 1 aliphatic carbocycles. The predicted octanol–water partition coefficient (Wildman–Crippen LogP) is 2.80. The summed E-state index contributed by atoms with van der Waals surface area (Å²) in [7, 11) is 1.75. The lowest BCUT2D eigenvalue weighted by molar-refractivity contribution is -0.139. The molecule has 2 aromatic rings. The Morgan fingerprint density at radius 3 is 2.82 bits per heavy atom. The van der Waals surface area contributed by atoms with Gasteiger partial charge in [-0.2, -0.15) is 0 Å². The summed E-state index contributed by atoms with van der Waals surface area (Å²) in [6.45, 7) is 1.57. The highest BCUT2D eigenvalue weighted by Gasteiger charge is 2.48. The van der Waals surface area contributed by atoms with Gasteiger partial charge in [-0.05, 0) is 55.0 Å². The van der Waals surface area contributed by atoms with Crippen LogP contribution in [0.2, 0.25) is 0 Å². The van der Waals surface area contributed by atoms with Gasteiger partial charge >= 0.3 is 6.03 Å². The van der Waals surface area contributed by atoms with Crippen LogP contribution in [-0.2, 0) is 22.4 Å². The third kappa shape index (κ3) is 3.79. The molecule has 5 rings (SSSR count). The number of aryl methyl sites for hydroxylation is 1. The van der Waals surface area contributed by atoms with Crippen LogP contribution in [0, 0.1) is 0 Å². The first kappa shape index (κ1) is 21.3. The molecule has 172 valence electrons. The van der Waals surface area contributed by atoms with Crippen molar-refractivity contribution in [3.05, 3.63) is 59.2 Å². The van der Waals surface area contributed by atoms with Crippen molar-refractivity contribution in [3.8, 4) is 11.5 Å². The average Bonchev–Trinajstić information content (AvgIpc) is 3.36. The predicted molar refractivity (Wildman–Crippen MR) is 120 cm³/mol. The van der Waals surface area contributed by atoms with E-state index < -0.39 is 17.5 Å². The third-order valence-corrected chi connectivity index (χ3v) is 6.83. The summed E-state index contributed by atoms with van der Waals surface area (Å²) in [5, 5.41) is 2.78. The van der Waals surface area contributed by atoms with Gasteiger partial charge in [0, 0.05) is 13.5 Å². The smallest absolute Gasteiger partial charge is 0.325 e. The number of nitrogens with one attached hydrogen (secondary N) is 1. The van der Waals surface area contributed by atoms with Gasteiger partial charge in [0.25, 0.3) is 5.91 Å². The number of carbonyl (C=O) groups excluding carboxylic acids is 3. The lowest BCUT2D eigenvalue weighted by Gasteiger charge is -2.34. The number of urea groups is 1. The van der Waals surface area contributed by atoms with Gasteiger partial charge in [-0.25, -0.2) is 4.79 Å². The second kappa shape index (κ2) is 8.10. The first-order chi connectivity index (χ1) is 15.9. The Kier molecular flexibility index (Phi) is 5.23. The second-order valence-electron chi connectivity index (χ2n) is 9.13. The standard InChI is InChI=1S/C25H27N3O5/c1-25(13-16-10-11-20-21(12-16)33-15-32-20)23(30)28(24(31)26-25)14-22(29)27(2)19-9-5-7-17-6-3-4-8-18(17)19/h3-4,6,8,10-12,19H,5,7,9,13-15H2,1-2H3,(H,26,31)/t19-,25+/m0/s1. The highest BCUT2D eigenvalue weighted by Crippen LogP contribution is 2.35. The molecule has 8 heteroatoms. The van der Waals surface area contributed by atoms with Gasteiger partial charge in [-0.3, -0.25) is 14.5 Å². The minimum atomic E-state index is -1.14. The quantitative estimate of drug-likeness (QED) is 0.710. The third-order valence-electron chi connectivity index (χ3n) is 6.83. The summed E-state index contributed by atoms with van der Waals surface area (Å²) in [5.74, 6) is 0.614. The zero-order valence-corrected chi connectivity index (χ0v) is 18.8. The molecule has 8 nitrogen and oxygen atoms in total. The molecule has 2 aliphatic heterocycles. The van der Waals surface area contributed by atoms with Crippen molar-refractivity contribution in [2.45, 2.75) is 44.2 Å². The number of rotatable bonds is 5. The molecule has 2 aromatic carbocycles. The molecule has 1 fully saturated rings. The van der Waals surface area contributed by atoms with Crippen molar-refractivity contribution in [2.24, 2.45) is 0 Å². The second-order valence-corrected chi connectivity index (χ2v) is 9.13. The number of benzene rings is 2. The van der Waals surface area contributed by atoms with Crippen molar-refractivity contribution in [1.29, 1.82) is 0 Å². The molecule has 0 spiro atoms. The first-order valence-electron chi connectivity index (χ1n) is 11.2. The number of hydrogen-bond acceptors (Lipinski definition) is 5. The van der Waals surface area contributed by atoms with Gasteiger partial charge in [0.1, 0.15) is 12.1 Å². The number of imide groups is 1. The summed E-state index contributed by atoms with van der Waals surface area (Å²) in [4.78, 5) is 41.7. The van der Waals surface area contributed by atoms with E-state index in [0.29, 0.717) is 11.5 Å². The van der Waals surface area contributed by atoms with Crippen LogP contribution >= 0.6 is 0 Å². The number of fused-ring (bicyclic) bond motifs is 2. The van der Waals surface area contributed by atoms with E-state index >= 15 is 0 Å². The van der Waals surface area contributed by atoms with Crippen LogP contribution in [0.15, 0.2) is 42.5 Å². The first-order valence-corrected chi connectivity index (χ1v) is 11.2. The summed E-state index contributed by atoms with van der Waals surface area (Å²) in [6.07, 6.45) is 3.14. The summed E-state index contributed by atoms with van der Waals surface area (Å²) in [5.41, 5.74) is 2.09. The monoisotopic (exact) mass is 449 g/mol. The Balaban J connectivity index is 1.29. The molecule has 1 N–H and O–H groups in total. The minimum absolute atomic E-state index is 0.0526. The fourth-order valence-corrected chi connectivity index (χ4v) is 5.02. The Labute approximate surface area is 192 Å². The molecular weight excluding hydrogens is 422 g/mol. The van der Waals surface area contributed by atoms with Gasteiger partial charge in [0.15, 0.2) is 11.5 Å². The van der Waals surface area contributed by atoms with Crippen molar-refractivity contribution in [3.63, 3.8) is 0 Å². The highest BCUT2D eigenvalue weighted by atomic mass is 16.7. The molecule has 0 radical (unpaired) electrons. The molecule has 2 atom stereocenters. The van der Waals surface area contributed by atoms with Crippen LogP contribution in [-0.4, -0.2) is 53.6 Å². The van der Waals surface area contributed by atoms with Crippen molar-refractivity contribution < 1.29 is 23.9 Å². The maximum atomic E-state index is 13.2. The van der Waals surface area contributed by atoms with E-state index in [1.54, 1.807) is 24.9 Å². The molecule has 1 saturated heterocycles. The molecular formula is C25H27N3O5. The lowest BCUT2D eigenvalue weighted by Crippen LogP contribution is -2.47. The Morgan fingerprint density at radius 1 is 1.18 bits per heavy atom. The zero-order valence-electron chi connectivity index (χ0n) is 18.8. The Morgan fingerprint density at radius 2 is 1.97 bits per heavy atom. The molecule has 0 aromatic heterocycles. The van der Waals surface area contributed by atoms with Crippen molar-refractivity contribution in [2.75, 3.05) is 20.4 Å².